The molecule has 10 nitrogen and oxygen atoms in total. The Hall–Kier alpha value is -4.18. The summed E-state index contributed by atoms with van der Waals surface area (Å²) in [6.07, 6.45) is 0.426. The molecule has 0 N–H and O–H groups in total. The van der Waals surface area contributed by atoms with Gasteiger partial charge in [0.05, 0.1) is 36.0 Å². The number of nitrogens with zero attached hydrogens (tertiary/aromatic N) is 2. The molecule has 0 radical (unpaired) electrons. The minimum atomic E-state index is -1.27. The summed E-state index contributed by atoms with van der Waals surface area (Å²) >= 11 is 0. The summed E-state index contributed by atoms with van der Waals surface area (Å²) < 4.78 is 16.1. The van der Waals surface area contributed by atoms with Gasteiger partial charge in [-0.2, -0.15) is 0 Å². The van der Waals surface area contributed by atoms with Crippen LogP contribution in [-0.2, 0) is 35.2 Å². The molecule has 2 aromatic carbocycles. The van der Waals surface area contributed by atoms with Gasteiger partial charge in [-0.15, -0.1) is 0 Å². The van der Waals surface area contributed by atoms with Gasteiger partial charge < -0.3 is 14.2 Å². The zero-order valence-corrected chi connectivity index (χ0v) is 19.9. The molecule has 1 aliphatic rings. The largest absolute Gasteiger partial charge is 0.465 e. The van der Waals surface area contributed by atoms with Crippen LogP contribution in [0.3, 0.4) is 0 Å². The van der Waals surface area contributed by atoms with Crippen LogP contribution in [0.15, 0.2) is 70.9 Å². The first-order valence-corrected chi connectivity index (χ1v) is 11.3. The Morgan fingerprint density at radius 3 is 2.50 bits per heavy atom. The van der Waals surface area contributed by atoms with Crippen molar-refractivity contribution >= 4 is 29.6 Å². The van der Waals surface area contributed by atoms with Gasteiger partial charge in [0, 0.05) is 23.7 Å². The Morgan fingerprint density at radius 2 is 1.83 bits per heavy atom. The normalized spacial score (nSPS) is 17.2. The highest BCUT2D eigenvalue weighted by molar-refractivity contribution is 6.35. The molecule has 2 aromatic rings. The fraction of sp³-hybridized carbons (Fsp3) is 0.308. The van der Waals surface area contributed by atoms with Crippen molar-refractivity contribution in [2.45, 2.75) is 26.4 Å². The molecular weight excluding hydrogens is 468 g/mol. The van der Waals surface area contributed by atoms with Gasteiger partial charge in [-0.05, 0) is 25.0 Å². The number of nitro groups is 1. The number of rotatable bonds is 11. The van der Waals surface area contributed by atoms with E-state index in [0.29, 0.717) is 12.9 Å². The van der Waals surface area contributed by atoms with Crippen molar-refractivity contribution in [3.63, 3.8) is 0 Å². The van der Waals surface area contributed by atoms with Crippen molar-refractivity contribution in [2.75, 3.05) is 19.8 Å². The van der Waals surface area contributed by atoms with Gasteiger partial charge in [-0.3, -0.25) is 24.7 Å². The monoisotopic (exact) mass is 494 g/mol. The second-order valence-electron chi connectivity index (χ2n) is 7.89. The molecule has 0 aromatic heterocycles. The molecule has 10 heteroatoms. The van der Waals surface area contributed by atoms with E-state index in [1.807, 2.05) is 30.3 Å². The molecule has 1 heterocycles. The Labute approximate surface area is 207 Å². The lowest BCUT2D eigenvalue weighted by Crippen LogP contribution is -2.38. The Morgan fingerprint density at radius 1 is 1.08 bits per heavy atom. The Bertz CT molecular complexity index is 1190. The zero-order chi connectivity index (χ0) is 26.1. The number of ether oxygens (including phenoxy) is 3. The number of carbonyl (C=O) groups excluding carboxylic acids is 3. The van der Waals surface area contributed by atoms with E-state index in [-0.39, 0.29) is 48.1 Å². The number of nitro benzene ring substituents is 1. The number of benzene rings is 2. The van der Waals surface area contributed by atoms with E-state index in [1.54, 1.807) is 13.0 Å². The third-order valence-electron chi connectivity index (χ3n) is 5.54. The number of hydrogen-bond acceptors (Lipinski definition) is 9. The molecule has 0 aliphatic carbocycles. The van der Waals surface area contributed by atoms with Crippen molar-refractivity contribution in [1.82, 2.24) is 0 Å². The average molecular weight is 495 g/mol. The molecular formula is C26H26N2O8. The number of allylic oxidation sites excluding steroid dienone is 1. The summed E-state index contributed by atoms with van der Waals surface area (Å²) in [7, 11) is 0. The number of carbonyl (C=O) groups is 3. The van der Waals surface area contributed by atoms with Crippen LogP contribution in [0.25, 0.3) is 0 Å². The van der Waals surface area contributed by atoms with Gasteiger partial charge in [-0.1, -0.05) is 42.5 Å². The molecule has 0 saturated heterocycles. The van der Waals surface area contributed by atoms with E-state index in [2.05, 4.69) is 4.99 Å². The number of esters is 2. The average Bonchev–Trinajstić information content (AvgIpc) is 2.88. The third-order valence-corrected chi connectivity index (χ3v) is 5.54. The summed E-state index contributed by atoms with van der Waals surface area (Å²) in [6.45, 7) is 3.54. The highest BCUT2D eigenvalue weighted by Gasteiger charge is 2.44. The predicted octanol–water partition coefficient (Wildman–Crippen LogP) is 3.55. The predicted molar refractivity (Wildman–Crippen MR) is 129 cm³/mol. The molecule has 1 aliphatic heterocycles. The SMILES string of the molecule is CCOC(=O)C1C(C=O)=NC(C)=C(C(=O)OCCOCc2ccccc2)C1c1cccc([N+](=O)[O-])c1. The van der Waals surface area contributed by atoms with E-state index < -0.39 is 28.7 Å². The van der Waals surface area contributed by atoms with E-state index >= 15 is 0 Å². The lowest BCUT2D eigenvalue weighted by Gasteiger charge is -2.30. The molecule has 0 bridgehead atoms. The number of aldehydes is 1. The molecule has 36 heavy (non-hydrogen) atoms. The summed E-state index contributed by atoms with van der Waals surface area (Å²) in [4.78, 5) is 52.8. The zero-order valence-electron chi connectivity index (χ0n) is 19.9. The van der Waals surface area contributed by atoms with Gasteiger partial charge in [0.25, 0.3) is 5.69 Å². The molecule has 0 spiro atoms. The molecule has 3 rings (SSSR count). The molecule has 2 atom stereocenters. The van der Waals surface area contributed by atoms with Crippen LogP contribution in [0.1, 0.15) is 30.9 Å². The minimum absolute atomic E-state index is 0.0159. The fourth-order valence-corrected chi connectivity index (χ4v) is 3.98. The fourth-order valence-electron chi connectivity index (χ4n) is 3.98. The first kappa shape index (κ1) is 26.4. The van der Waals surface area contributed by atoms with Crippen LogP contribution in [0.5, 0.6) is 0 Å². The van der Waals surface area contributed by atoms with E-state index in [9.17, 15) is 24.5 Å². The molecule has 188 valence electrons. The summed E-state index contributed by atoms with van der Waals surface area (Å²) in [6, 6.07) is 15.0. The van der Waals surface area contributed by atoms with E-state index in [1.165, 1.54) is 25.1 Å². The summed E-state index contributed by atoms with van der Waals surface area (Å²) in [5, 5.41) is 11.4. The summed E-state index contributed by atoms with van der Waals surface area (Å²) in [5.41, 5.74) is 1.07. The number of aliphatic imine (C=N–C) groups is 1. The molecule has 0 amide bonds. The van der Waals surface area contributed by atoms with Crippen LogP contribution in [0.2, 0.25) is 0 Å². The Kier molecular flexibility index (Phi) is 9.18. The van der Waals surface area contributed by atoms with Crippen LogP contribution >= 0.6 is 0 Å². The second kappa shape index (κ2) is 12.5. The number of non-ortho nitro benzene ring substituents is 1. The highest BCUT2D eigenvalue weighted by atomic mass is 16.6. The highest BCUT2D eigenvalue weighted by Crippen LogP contribution is 2.40. The summed E-state index contributed by atoms with van der Waals surface area (Å²) in [5.74, 6) is -3.89. The standard InChI is InChI=1S/C26H26N2O8/c1-3-35-26(31)24-21(15-29)27-17(2)22(23(24)19-10-7-11-20(14-19)28(32)33)25(30)36-13-12-34-16-18-8-5-4-6-9-18/h4-11,14-15,23-24H,3,12-13,16H2,1-2H3. The van der Waals surface area contributed by atoms with Crippen LogP contribution in [0, 0.1) is 16.0 Å². The smallest absolute Gasteiger partial charge is 0.336 e. The van der Waals surface area contributed by atoms with Crippen LogP contribution in [0.4, 0.5) is 5.69 Å². The number of hydrogen-bond donors (Lipinski definition) is 0. The minimum Gasteiger partial charge on any atom is -0.465 e. The van der Waals surface area contributed by atoms with Crippen molar-refractivity contribution in [2.24, 2.45) is 10.9 Å². The first-order chi connectivity index (χ1) is 17.4. The van der Waals surface area contributed by atoms with Crippen molar-refractivity contribution in [3.8, 4) is 0 Å². The maximum Gasteiger partial charge on any atom is 0.336 e. The van der Waals surface area contributed by atoms with Gasteiger partial charge in [-0.25, -0.2) is 4.79 Å². The van der Waals surface area contributed by atoms with Gasteiger partial charge in [0.1, 0.15) is 12.5 Å². The van der Waals surface area contributed by atoms with E-state index in [0.717, 1.165) is 5.56 Å². The molecule has 2 unspecified atom stereocenters. The van der Waals surface area contributed by atoms with Gasteiger partial charge in [0.15, 0.2) is 6.29 Å². The molecule has 0 saturated carbocycles. The lowest BCUT2D eigenvalue weighted by molar-refractivity contribution is -0.384. The van der Waals surface area contributed by atoms with Crippen molar-refractivity contribution < 1.29 is 33.5 Å². The van der Waals surface area contributed by atoms with Crippen molar-refractivity contribution in [3.05, 3.63) is 87.1 Å². The third kappa shape index (κ3) is 6.28. The van der Waals surface area contributed by atoms with E-state index in [4.69, 9.17) is 14.2 Å². The maximum atomic E-state index is 13.2. The quantitative estimate of drug-likeness (QED) is 0.152. The lowest BCUT2D eigenvalue weighted by atomic mass is 9.75. The van der Waals surface area contributed by atoms with Crippen molar-refractivity contribution in [1.29, 1.82) is 0 Å². The van der Waals surface area contributed by atoms with Crippen LogP contribution in [-0.4, -0.2) is 48.7 Å². The molecule has 0 fully saturated rings. The van der Waals surface area contributed by atoms with Crippen LogP contribution < -0.4 is 0 Å². The maximum absolute atomic E-state index is 13.2. The Balaban J connectivity index is 1.88. The second-order valence-corrected chi connectivity index (χ2v) is 7.89. The first-order valence-electron chi connectivity index (χ1n) is 11.3. The van der Waals surface area contributed by atoms with Gasteiger partial charge in [0.2, 0.25) is 0 Å². The topological polar surface area (TPSA) is 134 Å². The van der Waals surface area contributed by atoms with Gasteiger partial charge >= 0.3 is 11.9 Å².